The molecule has 2 fully saturated rings. The van der Waals surface area contributed by atoms with Crippen molar-refractivity contribution in [1.29, 1.82) is 0 Å². The number of hydrogen-bond acceptors (Lipinski definition) is 25. The predicted molar refractivity (Wildman–Crippen MR) is 350 cm³/mol. The Labute approximate surface area is 585 Å². The fourth-order valence-electron chi connectivity index (χ4n) is 12.8. The number of amides is 6. The van der Waals surface area contributed by atoms with Crippen molar-refractivity contribution in [3.8, 4) is 57.1 Å². The summed E-state index contributed by atoms with van der Waals surface area (Å²) in [4.78, 5) is 117. The molecular formula is C67H76Cl2N8O24. The smallest absolute Gasteiger partial charge is 0.330 e. The number of aromatic hydroxyl groups is 3. The highest BCUT2D eigenvalue weighted by Crippen LogP contribution is 2.50. The second kappa shape index (κ2) is 30.3. The lowest BCUT2D eigenvalue weighted by Crippen LogP contribution is -2.64. The Balaban J connectivity index is 1.24. The van der Waals surface area contributed by atoms with E-state index in [2.05, 4.69) is 31.9 Å². The quantitative estimate of drug-likeness (QED) is 0.0787. The van der Waals surface area contributed by atoms with Gasteiger partial charge in [-0.05, 0) is 110 Å². The number of primary amides is 1. The fourth-order valence-corrected chi connectivity index (χ4v) is 13.2. The number of benzene rings is 5. The number of carboxylic acids is 1. The van der Waals surface area contributed by atoms with Crippen LogP contribution in [0.2, 0.25) is 10.0 Å². The van der Waals surface area contributed by atoms with Gasteiger partial charge in [0, 0.05) is 41.1 Å². The summed E-state index contributed by atoms with van der Waals surface area (Å²) in [6.45, 7) is 5.68. The van der Waals surface area contributed by atoms with Crippen molar-refractivity contribution in [2.24, 2.45) is 23.3 Å². The van der Waals surface area contributed by atoms with Crippen LogP contribution in [-0.2, 0) is 52.6 Å². The van der Waals surface area contributed by atoms with Crippen LogP contribution in [0.5, 0.6) is 46.0 Å². The van der Waals surface area contributed by atoms with E-state index in [0.717, 1.165) is 60.7 Å². The second-order valence-corrected chi connectivity index (χ2v) is 26.8. The predicted octanol–water partition coefficient (Wildman–Crippen LogP) is 1.20. The van der Waals surface area contributed by atoms with Crippen LogP contribution >= 0.6 is 23.2 Å². The number of Topliss-reactive ketones (excluding diaryl/α,β-unsaturated/α-hetero) is 1. The number of nitrogens with two attached hydrogens (primary N) is 2. The Bertz CT molecular complexity index is 4070. The third-order valence-corrected chi connectivity index (χ3v) is 18.7. The first-order valence-electron chi connectivity index (χ1n) is 31.8. The van der Waals surface area contributed by atoms with E-state index in [-0.39, 0.29) is 52.0 Å². The number of nitrogens with one attached hydrogen (secondary N) is 6. The minimum Gasteiger partial charge on any atom is -0.508 e. The zero-order valence-electron chi connectivity index (χ0n) is 54.5. The number of halogens is 2. The first-order chi connectivity index (χ1) is 47.7. The molecule has 7 heterocycles. The van der Waals surface area contributed by atoms with Gasteiger partial charge in [-0.3, -0.25) is 33.6 Å². The number of phenolic OH excluding ortho intramolecular Hbond substituents is 3. The molecule has 0 saturated carbocycles. The zero-order valence-corrected chi connectivity index (χ0v) is 56.0. The van der Waals surface area contributed by atoms with Crippen molar-refractivity contribution in [3.63, 3.8) is 0 Å². The highest BCUT2D eigenvalue weighted by Gasteiger charge is 2.51. The zero-order chi connectivity index (χ0) is 73.5. The molecule has 5 aromatic rings. The number of aliphatic hydroxyl groups excluding tert-OH is 6. The van der Waals surface area contributed by atoms with Gasteiger partial charge in [-0.15, -0.1) is 0 Å². The highest BCUT2D eigenvalue weighted by molar-refractivity contribution is 6.32. The van der Waals surface area contributed by atoms with Gasteiger partial charge >= 0.3 is 5.97 Å². The van der Waals surface area contributed by atoms with E-state index in [4.69, 9.17) is 63.1 Å². The standard InChI is InChI=1S/C67H76Cl2N8O24/c1-24(2)12-36(72-5)61(90)77-52-54(85)28-8-11-42(35(69)15-28)98-44-17-29-16-43(57(44)101-66-58(56(87)55(86)45(23-78)99-66)100-47-22-67(4,71)59(88)25(3)96-47)97-41-10-7-27(14-34(41)68)53(84)33-20-40(82)49(74-63(92)50(29)75-62(91)37(21-46(70)83)73-64(52)93)26-6-9-38(80)31(13-26)48-32(18-30(79)19-39(48)81)51(65(94)95)76-60(33)89/h6-11,13-19,24-25,33,36-37,45,47,49-56,58-59,66,72,78-81,84-88H,12,20-23,71H2,1-5H3,(H2,70,83)(H,73,93)(H,74,92)(H,75,91)(H,76,89)(H,77,90)(H,94,95). The maximum Gasteiger partial charge on any atom is 0.330 e. The monoisotopic (exact) mass is 1450 g/mol. The molecule has 5 aromatic carbocycles. The number of fused-ring (bicyclic) bond motifs is 15. The normalized spacial score (nSPS) is 29.5. The fraction of sp³-hybridized carbons (Fsp3) is 0.433. The molecule has 0 aromatic heterocycles. The van der Waals surface area contributed by atoms with Gasteiger partial charge in [0.25, 0.3) is 0 Å². The lowest BCUT2D eigenvalue weighted by Gasteiger charge is -2.47. The number of rotatable bonds is 13. The summed E-state index contributed by atoms with van der Waals surface area (Å²) in [7, 11) is 1.48. The second-order valence-electron chi connectivity index (χ2n) is 26.0. The minimum absolute atomic E-state index is 0.0941. The average Bonchev–Trinajstić information content (AvgIpc) is 0.775. The van der Waals surface area contributed by atoms with Gasteiger partial charge in [-0.2, -0.15) is 0 Å². The molecule has 12 rings (SSSR count). The number of carbonyl (C=O) groups excluding carboxylic acids is 7. The Hall–Kier alpha value is -9.00. The molecule has 20 N–H and O–H groups in total. The van der Waals surface area contributed by atoms with Gasteiger partial charge in [-0.1, -0.05) is 55.2 Å². The van der Waals surface area contributed by atoms with Crippen molar-refractivity contribution in [1.82, 2.24) is 31.9 Å². The van der Waals surface area contributed by atoms with E-state index in [0.29, 0.717) is 0 Å². The molecule has 2 saturated heterocycles. The number of phenols is 3. The molecule has 0 aliphatic carbocycles. The molecule has 34 heteroatoms. The van der Waals surface area contributed by atoms with Gasteiger partial charge in [0.2, 0.25) is 47.5 Å². The maximum atomic E-state index is 16.0. The molecule has 7 aliphatic rings. The van der Waals surface area contributed by atoms with Crippen LogP contribution < -0.4 is 57.6 Å². The van der Waals surface area contributed by atoms with E-state index >= 15 is 14.4 Å². The van der Waals surface area contributed by atoms with Crippen molar-refractivity contribution >= 4 is 70.4 Å². The van der Waals surface area contributed by atoms with Gasteiger partial charge in [-0.25, -0.2) is 4.79 Å². The van der Waals surface area contributed by atoms with E-state index in [1.54, 1.807) is 0 Å². The first kappa shape index (κ1) is 74.7. The van der Waals surface area contributed by atoms with Crippen LogP contribution in [0.25, 0.3) is 11.1 Å². The number of hydrogen-bond donors (Lipinski definition) is 18. The number of ether oxygens (including phenoxy) is 6. The average molecular weight is 1450 g/mol. The molecule has 11 bridgehead atoms. The SMILES string of the molecule is CNC(CC(C)C)C(=O)NC1C(=O)NC(CC(N)=O)C(=O)NC2C(=O)NC3C(=O)CC(C(=O)NC(C(=O)O)c4cc(O)cc(O)c4-c4cc3ccc4O)C(O)c3ccc(c(Cl)c3)Oc3cc2cc(c3OC2OC(CO)C(O)C(O)C2OC2CC(C)(N)C(O)C(C)O2)Oc2ccc(cc2Cl)C1O. The lowest BCUT2D eigenvalue weighted by atomic mass is 9.84. The van der Waals surface area contributed by atoms with Gasteiger partial charge in [0.1, 0.15) is 77.3 Å². The molecule has 6 amide bonds. The molecule has 101 heavy (non-hydrogen) atoms. The van der Waals surface area contributed by atoms with E-state index < -0.39 is 238 Å². The van der Waals surface area contributed by atoms with Gasteiger partial charge < -0.3 is 123 Å². The third kappa shape index (κ3) is 15.9. The maximum absolute atomic E-state index is 16.0. The molecule has 32 nitrogen and oxygen atoms in total. The number of ketones is 1. The summed E-state index contributed by atoms with van der Waals surface area (Å²) in [5.41, 5.74) is 8.24. The Kier molecular flexibility index (Phi) is 22.4. The topological polar surface area (TPSA) is 518 Å². The Morgan fingerprint density at radius 3 is 1.94 bits per heavy atom. The minimum atomic E-state index is -2.32. The molecule has 18 unspecified atom stereocenters. The summed E-state index contributed by atoms with van der Waals surface area (Å²) in [5.74, 6) is -17.4. The highest BCUT2D eigenvalue weighted by atomic mass is 35.5. The molecule has 7 aliphatic heterocycles. The molecule has 18 atom stereocenters. The summed E-state index contributed by atoms with van der Waals surface area (Å²) < 4.78 is 38.3. The van der Waals surface area contributed by atoms with Crippen molar-refractivity contribution in [2.75, 3.05) is 13.7 Å². The number of aliphatic hydroxyl groups is 6. The van der Waals surface area contributed by atoms with Crippen LogP contribution in [0, 0.1) is 11.8 Å². The van der Waals surface area contributed by atoms with Crippen LogP contribution in [0.1, 0.15) is 112 Å². The largest absolute Gasteiger partial charge is 0.508 e. The summed E-state index contributed by atoms with van der Waals surface area (Å²) in [6, 6.07) is 2.12. The molecule has 0 spiro atoms. The summed E-state index contributed by atoms with van der Waals surface area (Å²) in [5, 5.41) is 128. The van der Waals surface area contributed by atoms with Gasteiger partial charge in [0.15, 0.2) is 35.7 Å². The van der Waals surface area contributed by atoms with Crippen LogP contribution in [-0.4, -0.2) is 185 Å². The van der Waals surface area contributed by atoms with Crippen LogP contribution in [0.3, 0.4) is 0 Å². The lowest BCUT2D eigenvalue weighted by molar-refractivity contribution is -0.333. The summed E-state index contributed by atoms with van der Waals surface area (Å²) >= 11 is 14.1. The summed E-state index contributed by atoms with van der Waals surface area (Å²) in [6.07, 6.45) is -19.5. The van der Waals surface area contributed by atoms with Crippen molar-refractivity contribution < 1.29 is 118 Å². The molecular weight excluding hydrogens is 1370 g/mol. The number of aliphatic carboxylic acids is 1. The van der Waals surface area contributed by atoms with Gasteiger partial charge in [0.05, 0.1) is 53.3 Å². The number of carboxylic acid groups (broad SMARTS) is 1. The Morgan fingerprint density at radius 1 is 0.733 bits per heavy atom. The van der Waals surface area contributed by atoms with Crippen molar-refractivity contribution in [3.05, 3.63) is 117 Å². The third-order valence-electron chi connectivity index (χ3n) is 18.1. The molecule has 542 valence electrons. The Morgan fingerprint density at radius 2 is 1.36 bits per heavy atom. The van der Waals surface area contributed by atoms with Crippen molar-refractivity contribution in [2.45, 2.75) is 157 Å². The van der Waals surface area contributed by atoms with E-state index in [1.165, 1.54) is 39.1 Å². The van der Waals surface area contributed by atoms with Crippen LogP contribution in [0.4, 0.5) is 0 Å². The molecule has 0 radical (unpaired) electrons. The number of carbonyl (C=O) groups is 8. The van der Waals surface area contributed by atoms with E-state index in [1.807, 2.05) is 13.8 Å². The number of likely N-dealkylation sites (N-methyl/N-ethyl adjacent to an activating group) is 1. The first-order valence-corrected chi connectivity index (χ1v) is 32.6. The van der Waals surface area contributed by atoms with Crippen LogP contribution in [0.15, 0.2) is 78.9 Å². The van der Waals surface area contributed by atoms with E-state index in [9.17, 15) is 75.0 Å².